The van der Waals surface area contributed by atoms with Crippen molar-refractivity contribution < 1.29 is 13.2 Å². The lowest BCUT2D eigenvalue weighted by atomic mass is 10.1. The Kier molecular flexibility index (Phi) is 4.00. The first-order valence-corrected chi connectivity index (χ1v) is 10.1. The molecule has 5 nitrogen and oxygen atoms in total. The molecule has 0 saturated carbocycles. The zero-order chi connectivity index (χ0) is 17.4. The summed E-state index contributed by atoms with van der Waals surface area (Å²) in [5.74, 6) is 0.0821. The molecule has 6 heteroatoms. The van der Waals surface area contributed by atoms with E-state index in [4.69, 9.17) is 0 Å². The SMILES string of the molecule is O=C1CCCN1c1cccc(NS(=O)(=O)c2ccc3c(c2)CCC3)c1. The summed E-state index contributed by atoms with van der Waals surface area (Å²) in [5.41, 5.74) is 3.57. The summed E-state index contributed by atoms with van der Waals surface area (Å²) < 4.78 is 28.1. The van der Waals surface area contributed by atoms with E-state index in [0.29, 0.717) is 18.7 Å². The number of hydrogen-bond acceptors (Lipinski definition) is 3. The van der Waals surface area contributed by atoms with Gasteiger partial charge >= 0.3 is 0 Å². The van der Waals surface area contributed by atoms with E-state index >= 15 is 0 Å². The van der Waals surface area contributed by atoms with Gasteiger partial charge in [-0.05, 0) is 67.1 Å². The minimum absolute atomic E-state index is 0.0821. The van der Waals surface area contributed by atoms with Gasteiger partial charge in [0.05, 0.1) is 10.6 Å². The van der Waals surface area contributed by atoms with Crippen molar-refractivity contribution in [3.63, 3.8) is 0 Å². The second-order valence-corrected chi connectivity index (χ2v) is 8.27. The van der Waals surface area contributed by atoms with Crippen LogP contribution in [0.4, 0.5) is 11.4 Å². The fourth-order valence-corrected chi connectivity index (χ4v) is 4.69. The highest BCUT2D eigenvalue weighted by Crippen LogP contribution is 2.28. The van der Waals surface area contributed by atoms with Gasteiger partial charge in [0.15, 0.2) is 0 Å². The van der Waals surface area contributed by atoms with Crippen LogP contribution in [0.15, 0.2) is 47.4 Å². The molecule has 1 amide bonds. The van der Waals surface area contributed by atoms with E-state index in [9.17, 15) is 13.2 Å². The van der Waals surface area contributed by atoms with E-state index in [-0.39, 0.29) is 10.8 Å². The minimum atomic E-state index is -3.64. The lowest BCUT2D eigenvalue weighted by Gasteiger charge is -2.17. The molecule has 2 aliphatic rings. The lowest BCUT2D eigenvalue weighted by Crippen LogP contribution is -2.23. The summed E-state index contributed by atoms with van der Waals surface area (Å²) in [7, 11) is -3.64. The van der Waals surface area contributed by atoms with Crippen LogP contribution in [0.3, 0.4) is 0 Å². The van der Waals surface area contributed by atoms with Crippen LogP contribution >= 0.6 is 0 Å². The molecule has 1 N–H and O–H groups in total. The Morgan fingerprint density at radius 3 is 2.56 bits per heavy atom. The van der Waals surface area contributed by atoms with Gasteiger partial charge in [-0.15, -0.1) is 0 Å². The maximum atomic E-state index is 12.7. The second-order valence-electron chi connectivity index (χ2n) is 6.59. The highest BCUT2D eigenvalue weighted by molar-refractivity contribution is 7.92. The standard InChI is InChI=1S/C19H20N2O3S/c22-19-8-3-11-21(19)17-7-2-6-16(13-17)20-25(23,24)18-10-9-14-4-1-5-15(14)12-18/h2,6-7,9-10,12-13,20H,1,3-5,8,11H2. The highest BCUT2D eigenvalue weighted by atomic mass is 32.2. The van der Waals surface area contributed by atoms with Crippen LogP contribution in [0.1, 0.15) is 30.4 Å². The summed E-state index contributed by atoms with van der Waals surface area (Å²) >= 11 is 0. The quantitative estimate of drug-likeness (QED) is 0.915. The smallest absolute Gasteiger partial charge is 0.261 e. The van der Waals surface area contributed by atoms with Crippen molar-refractivity contribution in [2.24, 2.45) is 0 Å². The zero-order valence-corrected chi connectivity index (χ0v) is 14.7. The van der Waals surface area contributed by atoms with Gasteiger partial charge in [-0.2, -0.15) is 0 Å². The number of anilines is 2. The topological polar surface area (TPSA) is 66.5 Å². The van der Waals surface area contributed by atoms with E-state index in [0.717, 1.165) is 36.9 Å². The molecular weight excluding hydrogens is 336 g/mol. The molecule has 2 aromatic rings. The van der Waals surface area contributed by atoms with Gasteiger partial charge in [0.2, 0.25) is 5.91 Å². The zero-order valence-electron chi connectivity index (χ0n) is 13.9. The van der Waals surface area contributed by atoms with Gasteiger partial charge < -0.3 is 4.90 Å². The Balaban J connectivity index is 1.60. The van der Waals surface area contributed by atoms with Crippen LogP contribution in [-0.4, -0.2) is 20.9 Å². The number of nitrogens with zero attached hydrogens (tertiary/aromatic N) is 1. The molecule has 25 heavy (non-hydrogen) atoms. The normalized spacial score (nSPS) is 17.0. The number of carbonyl (C=O) groups is 1. The Hall–Kier alpha value is -2.34. The third kappa shape index (κ3) is 3.14. The van der Waals surface area contributed by atoms with Gasteiger partial charge in [0.25, 0.3) is 10.0 Å². The first-order valence-electron chi connectivity index (χ1n) is 8.58. The summed E-state index contributed by atoms with van der Waals surface area (Å²) in [6.45, 7) is 0.680. The molecule has 0 spiro atoms. The fraction of sp³-hybridized carbons (Fsp3) is 0.316. The first-order chi connectivity index (χ1) is 12.0. The molecule has 1 aliphatic carbocycles. The van der Waals surface area contributed by atoms with E-state index in [1.807, 2.05) is 12.1 Å². The predicted octanol–water partition coefficient (Wildman–Crippen LogP) is 3.10. The van der Waals surface area contributed by atoms with Crippen LogP contribution in [0.25, 0.3) is 0 Å². The maximum Gasteiger partial charge on any atom is 0.261 e. The number of hydrogen-bond donors (Lipinski definition) is 1. The second kappa shape index (κ2) is 6.19. The minimum Gasteiger partial charge on any atom is -0.312 e. The first kappa shape index (κ1) is 16.1. The van der Waals surface area contributed by atoms with E-state index in [1.54, 1.807) is 35.2 Å². The van der Waals surface area contributed by atoms with Crippen LogP contribution in [0.2, 0.25) is 0 Å². The fourth-order valence-electron chi connectivity index (χ4n) is 3.59. The average molecular weight is 356 g/mol. The third-order valence-electron chi connectivity index (χ3n) is 4.86. The number of sulfonamides is 1. The van der Waals surface area contributed by atoms with Crippen molar-refractivity contribution >= 4 is 27.3 Å². The van der Waals surface area contributed by atoms with Crippen molar-refractivity contribution in [3.8, 4) is 0 Å². The number of amides is 1. The summed E-state index contributed by atoms with van der Waals surface area (Å²) in [4.78, 5) is 13.9. The van der Waals surface area contributed by atoms with E-state index in [1.165, 1.54) is 5.56 Å². The molecule has 130 valence electrons. The van der Waals surface area contributed by atoms with E-state index in [2.05, 4.69) is 4.72 Å². The van der Waals surface area contributed by atoms with Crippen molar-refractivity contribution in [2.45, 2.75) is 37.0 Å². The third-order valence-corrected chi connectivity index (χ3v) is 6.24. The molecule has 0 unspecified atom stereocenters. The highest BCUT2D eigenvalue weighted by Gasteiger charge is 2.23. The molecule has 1 heterocycles. The summed E-state index contributed by atoms with van der Waals surface area (Å²) in [6.07, 6.45) is 4.42. The number of fused-ring (bicyclic) bond motifs is 1. The van der Waals surface area contributed by atoms with Crippen LogP contribution in [-0.2, 0) is 27.7 Å². The molecular formula is C19H20N2O3S. The van der Waals surface area contributed by atoms with Crippen LogP contribution in [0, 0.1) is 0 Å². The van der Waals surface area contributed by atoms with E-state index < -0.39 is 10.0 Å². The molecule has 1 fully saturated rings. The number of aryl methyl sites for hydroxylation is 2. The Bertz CT molecular complexity index is 937. The Morgan fingerprint density at radius 2 is 1.76 bits per heavy atom. The molecule has 0 bridgehead atoms. The summed E-state index contributed by atoms with van der Waals surface area (Å²) in [5, 5.41) is 0. The van der Waals surface area contributed by atoms with Gasteiger partial charge in [0.1, 0.15) is 0 Å². The number of benzene rings is 2. The molecule has 1 aliphatic heterocycles. The van der Waals surface area contributed by atoms with Crippen LogP contribution in [0.5, 0.6) is 0 Å². The molecule has 2 aromatic carbocycles. The lowest BCUT2D eigenvalue weighted by molar-refractivity contribution is -0.117. The van der Waals surface area contributed by atoms with Gasteiger partial charge in [-0.25, -0.2) is 8.42 Å². The van der Waals surface area contributed by atoms with Gasteiger partial charge in [-0.3, -0.25) is 9.52 Å². The summed E-state index contributed by atoms with van der Waals surface area (Å²) in [6, 6.07) is 12.4. The maximum absolute atomic E-state index is 12.7. The van der Waals surface area contributed by atoms with Crippen molar-refractivity contribution in [1.82, 2.24) is 0 Å². The monoisotopic (exact) mass is 356 g/mol. The molecule has 4 rings (SSSR count). The number of carbonyl (C=O) groups excluding carboxylic acids is 1. The van der Waals surface area contributed by atoms with Crippen molar-refractivity contribution in [2.75, 3.05) is 16.2 Å². The average Bonchev–Trinajstić information content (AvgIpc) is 3.22. The number of nitrogens with one attached hydrogen (secondary N) is 1. The predicted molar refractivity (Wildman–Crippen MR) is 97.3 cm³/mol. The van der Waals surface area contributed by atoms with Gasteiger partial charge in [-0.1, -0.05) is 12.1 Å². The molecule has 1 saturated heterocycles. The van der Waals surface area contributed by atoms with Crippen molar-refractivity contribution in [3.05, 3.63) is 53.6 Å². The number of rotatable bonds is 4. The molecule has 0 radical (unpaired) electrons. The molecule has 0 atom stereocenters. The molecule has 0 aromatic heterocycles. The van der Waals surface area contributed by atoms with Gasteiger partial charge in [0, 0.05) is 18.7 Å². The Labute approximate surface area is 147 Å². The Morgan fingerprint density at radius 1 is 0.920 bits per heavy atom. The largest absolute Gasteiger partial charge is 0.312 e. The van der Waals surface area contributed by atoms with Crippen molar-refractivity contribution in [1.29, 1.82) is 0 Å². The van der Waals surface area contributed by atoms with Crippen LogP contribution < -0.4 is 9.62 Å².